The maximum atomic E-state index is 12.5. The molecule has 0 aliphatic rings. The van der Waals surface area contributed by atoms with Gasteiger partial charge in [0.2, 0.25) is 0 Å². The summed E-state index contributed by atoms with van der Waals surface area (Å²) in [5.74, 6) is 0.547. The van der Waals surface area contributed by atoms with Gasteiger partial charge in [-0.1, -0.05) is 48.5 Å². The van der Waals surface area contributed by atoms with Crippen molar-refractivity contribution >= 4 is 17.2 Å². The van der Waals surface area contributed by atoms with E-state index in [1.54, 1.807) is 11.6 Å². The van der Waals surface area contributed by atoms with Gasteiger partial charge in [-0.15, -0.1) is 11.3 Å². The van der Waals surface area contributed by atoms with E-state index in [4.69, 9.17) is 4.74 Å². The van der Waals surface area contributed by atoms with Gasteiger partial charge in [0, 0.05) is 23.7 Å². The van der Waals surface area contributed by atoms with Crippen LogP contribution in [0.3, 0.4) is 0 Å². The van der Waals surface area contributed by atoms with Crippen LogP contribution >= 0.6 is 11.3 Å². The maximum absolute atomic E-state index is 12.5. The fraction of sp³-hybridized carbons (Fsp3) is 0.0870. The van der Waals surface area contributed by atoms with Gasteiger partial charge in [-0.2, -0.15) is 0 Å². The van der Waals surface area contributed by atoms with Crippen LogP contribution in [0.15, 0.2) is 84.4 Å². The first-order chi connectivity index (χ1) is 14.3. The molecule has 0 saturated carbocycles. The lowest BCUT2D eigenvalue weighted by molar-refractivity contribution is 0.0946. The van der Waals surface area contributed by atoms with Crippen molar-refractivity contribution in [3.05, 3.63) is 101 Å². The number of pyridine rings is 1. The zero-order valence-electron chi connectivity index (χ0n) is 15.6. The zero-order chi connectivity index (χ0) is 19.9. The molecule has 0 aliphatic carbocycles. The summed E-state index contributed by atoms with van der Waals surface area (Å²) < 4.78 is 5.79. The maximum Gasteiger partial charge on any atom is 0.271 e. The van der Waals surface area contributed by atoms with E-state index in [1.165, 1.54) is 11.3 Å². The van der Waals surface area contributed by atoms with Gasteiger partial charge < -0.3 is 10.1 Å². The first-order valence-corrected chi connectivity index (χ1v) is 10.1. The first-order valence-electron chi connectivity index (χ1n) is 9.19. The monoisotopic (exact) mass is 401 g/mol. The Hall–Kier alpha value is -3.51. The number of rotatable bonds is 7. The minimum absolute atomic E-state index is 0.191. The highest BCUT2D eigenvalue weighted by Crippen LogP contribution is 2.23. The van der Waals surface area contributed by atoms with Crippen molar-refractivity contribution in [3.8, 4) is 16.3 Å². The summed E-state index contributed by atoms with van der Waals surface area (Å²) in [6.45, 7) is 0.801. The third kappa shape index (κ3) is 5.06. The second kappa shape index (κ2) is 9.12. The Morgan fingerprint density at radius 2 is 1.86 bits per heavy atom. The van der Waals surface area contributed by atoms with E-state index >= 15 is 0 Å². The molecule has 0 fully saturated rings. The number of aromatic nitrogens is 2. The van der Waals surface area contributed by atoms with E-state index in [1.807, 2.05) is 72.8 Å². The SMILES string of the molecule is O=C(NCc1cccc(OCc2ccccn2)c1)c1csc(-c2ccccc2)n1. The Morgan fingerprint density at radius 1 is 1.00 bits per heavy atom. The Balaban J connectivity index is 1.34. The zero-order valence-corrected chi connectivity index (χ0v) is 16.4. The summed E-state index contributed by atoms with van der Waals surface area (Å²) in [5.41, 5.74) is 3.25. The molecule has 2 heterocycles. The highest BCUT2D eigenvalue weighted by Gasteiger charge is 2.11. The van der Waals surface area contributed by atoms with Gasteiger partial charge in [-0.05, 0) is 29.8 Å². The van der Waals surface area contributed by atoms with Gasteiger partial charge in [0.15, 0.2) is 0 Å². The molecule has 4 aromatic rings. The third-order valence-electron chi connectivity index (χ3n) is 4.22. The molecule has 1 amide bonds. The predicted octanol–water partition coefficient (Wildman–Crippen LogP) is 4.71. The van der Waals surface area contributed by atoms with E-state index in [2.05, 4.69) is 15.3 Å². The van der Waals surface area contributed by atoms with Crippen molar-refractivity contribution < 1.29 is 9.53 Å². The number of carbonyl (C=O) groups excluding carboxylic acids is 1. The molecule has 6 heteroatoms. The highest BCUT2D eigenvalue weighted by atomic mass is 32.1. The number of nitrogens with zero attached hydrogens (tertiary/aromatic N) is 2. The van der Waals surface area contributed by atoms with Gasteiger partial charge in [0.1, 0.15) is 23.1 Å². The number of amides is 1. The number of ether oxygens (including phenoxy) is 1. The topological polar surface area (TPSA) is 64.1 Å². The molecule has 2 aromatic heterocycles. The average molecular weight is 401 g/mol. The van der Waals surface area contributed by atoms with Crippen molar-refractivity contribution in [1.29, 1.82) is 0 Å². The summed E-state index contributed by atoms with van der Waals surface area (Å²) in [6, 6.07) is 23.2. The molecule has 0 aliphatic heterocycles. The molecule has 144 valence electrons. The first kappa shape index (κ1) is 18.8. The number of carbonyl (C=O) groups is 1. The van der Waals surface area contributed by atoms with Crippen molar-refractivity contribution in [3.63, 3.8) is 0 Å². The van der Waals surface area contributed by atoms with Crippen LogP contribution in [0.4, 0.5) is 0 Å². The number of hydrogen-bond donors (Lipinski definition) is 1. The van der Waals surface area contributed by atoms with Crippen molar-refractivity contribution in [2.24, 2.45) is 0 Å². The van der Waals surface area contributed by atoms with Crippen LogP contribution in [-0.2, 0) is 13.2 Å². The lowest BCUT2D eigenvalue weighted by atomic mass is 10.2. The van der Waals surface area contributed by atoms with Crippen LogP contribution in [-0.4, -0.2) is 15.9 Å². The molecular formula is C23H19N3O2S. The second-order valence-electron chi connectivity index (χ2n) is 6.34. The lowest BCUT2D eigenvalue weighted by Gasteiger charge is -2.08. The van der Waals surface area contributed by atoms with Crippen molar-refractivity contribution in [1.82, 2.24) is 15.3 Å². The molecule has 4 rings (SSSR count). The van der Waals surface area contributed by atoms with E-state index in [0.717, 1.165) is 27.6 Å². The molecule has 2 aromatic carbocycles. The molecule has 0 bridgehead atoms. The predicted molar refractivity (Wildman–Crippen MR) is 114 cm³/mol. The fourth-order valence-electron chi connectivity index (χ4n) is 2.75. The van der Waals surface area contributed by atoms with E-state index in [-0.39, 0.29) is 5.91 Å². The van der Waals surface area contributed by atoms with Crippen LogP contribution in [0.5, 0.6) is 5.75 Å². The quantitative estimate of drug-likeness (QED) is 0.487. The normalized spacial score (nSPS) is 10.5. The Kier molecular flexibility index (Phi) is 5.92. The van der Waals surface area contributed by atoms with Gasteiger partial charge in [-0.25, -0.2) is 4.98 Å². The lowest BCUT2D eigenvalue weighted by Crippen LogP contribution is -2.23. The van der Waals surface area contributed by atoms with Crippen LogP contribution in [0.1, 0.15) is 21.7 Å². The number of benzene rings is 2. The molecule has 0 radical (unpaired) electrons. The standard InChI is InChI=1S/C23H19N3O2S/c27-22(21-16-29-23(26-21)18-8-2-1-3-9-18)25-14-17-7-6-11-20(13-17)28-15-19-10-4-5-12-24-19/h1-13,16H,14-15H2,(H,25,27). The van der Waals surface area contributed by atoms with Gasteiger partial charge in [-0.3, -0.25) is 9.78 Å². The Bertz CT molecular complexity index is 1080. The van der Waals surface area contributed by atoms with E-state index < -0.39 is 0 Å². The molecule has 0 atom stereocenters. The second-order valence-corrected chi connectivity index (χ2v) is 7.20. The average Bonchev–Trinajstić information content (AvgIpc) is 3.28. The number of nitrogens with one attached hydrogen (secondary N) is 1. The van der Waals surface area contributed by atoms with E-state index in [0.29, 0.717) is 18.8 Å². The summed E-state index contributed by atoms with van der Waals surface area (Å²) >= 11 is 1.46. The van der Waals surface area contributed by atoms with Gasteiger partial charge in [0.25, 0.3) is 5.91 Å². The summed E-state index contributed by atoms with van der Waals surface area (Å²) in [4.78, 5) is 21.1. The molecule has 1 N–H and O–H groups in total. The third-order valence-corrected chi connectivity index (χ3v) is 5.11. The van der Waals surface area contributed by atoms with Crippen molar-refractivity contribution in [2.75, 3.05) is 0 Å². The van der Waals surface area contributed by atoms with E-state index in [9.17, 15) is 4.79 Å². The number of hydrogen-bond acceptors (Lipinski definition) is 5. The van der Waals surface area contributed by atoms with Gasteiger partial charge >= 0.3 is 0 Å². The molecule has 0 spiro atoms. The summed E-state index contributed by atoms with van der Waals surface area (Å²) in [5, 5.41) is 5.53. The largest absolute Gasteiger partial charge is 0.487 e. The summed E-state index contributed by atoms with van der Waals surface area (Å²) in [6.07, 6.45) is 1.74. The van der Waals surface area contributed by atoms with Crippen LogP contribution in [0.25, 0.3) is 10.6 Å². The highest BCUT2D eigenvalue weighted by molar-refractivity contribution is 7.13. The van der Waals surface area contributed by atoms with Crippen LogP contribution in [0, 0.1) is 0 Å². The Labute approximate surface area is 173 Å². The van der Waals surface area contributed by atoms with Crippen molar-refractivity contribution in [2.45, 2.75) is 13.2 Å². The summed E-state index contributed by atoms with van der Waals surface area (Å²) in [7, 11) is 0. The molecule has 29 heavy (non-hydrogen) atoms. The minimum Gasteiger partial charge on any atom is -0.487 e. The van der Waals surface area contributed by atoms with Gasteiger partial charge in [0.05, 0.1) is 5.69 Å². The molecular weight excluding hydrogens is 382 g/mol. The number of thiazole rings is 1. The smallest absolute Gasteiger partial charge is 0.271 e. The molecule has 5 nitrogen and oxygen atoms in total. The fourth-order valence-corrected chi connectivity index (χ4v) is 3.56. The molecule has 0 saturated heterocycles. The Morgan fingerprint density at radius 3 is 2.69 bits per heavy atom. The van der Waals surface area contributed by atoms with Crippen LogP contribution < -0.4 is 10.1 Å². The minimum atomic E-state index is -0.191. The molecule has 0 unspecified atom stereocenters. The van der Waals surface area contributed by atoms with Crippen LogP contribution in [0.2, 0.25) is 0 Å².